The van der Waals surface area contributed by atoms with Gasteiger partial charge in [0.2, 0.25) is 0 Å². The van der Waals surface area contributed by atoms with Crippen molar-refractivity contribution in [2.24, 2.45) is 0 Å². The molecular formula is C12H8N2Na4O12P2. The number of hydrogen-bond acceptors (Lipinski definition) is 12. The molecule has 0 fully saturated rings. The van der Waals surface area contributed by atoms with E-state index < -0.39 is 25.5 Å². The molecule has 0 aliphatic rings. The second-order valence-corrected chi connectivity index (χ2v) is 6.73. The Morgan fingerprint density at radius 2 is 0.781 bits per heavy atom. The van der Waals surface area contributed by atoms with E-state index in [0.29, 0.717) is 0 Å². The Bertz CT molecular complexity index is 859. The Labute approximate surface area is 269 Å². The van der Waals surface area contributed by atoms with Crippen LogP contribution >= 0.6 is 15.6 Å². The average molecular weight is 526 g/mol. The fourth-order valence-electron chi connectivity index (χ4n) is 1.52. The van der Waals surface area contributed by atoms with Crippen molar-refractivity contribution in [3.05, 3.63) is 68.8 Å². The first-order chi connectivity index (χ1) is 12.8. The number of nitro groups is 2. The van der Waals surface area contributed by atoms with Gasteiger partial charge in [0.1, 0.15) is 27.1 Å². The summed E-state index contributed by atoms with van der Waals surface area (Å²) in [4.78, 5) is 59.6. The summed E-state index contributed by atoms with van der Waals surface area (Å²) in [6.07, 6.45) is 0. The van der Waals surface area contributed by atoms with Gasteiger partial charge in [0.05, 0.1) is 9.85 Å². The number of nitro benzene ring substituents is 2. The molecule has 2 rings (SSSR count). The summed E-state index contributed by atoms with van der Waals surface area (Å²) in [6.45, 7) is 0. The zero-order valence-corrected chi connectivity index (χ0v) is 27.1. The molecule has 0 spiro atoms. The molecule has 0 amide bonds. The van der Waals surface area contributed by atoms with Crippen LogP contribution in [0.15, 0.2) is 48.5 Å². The first kappa shape index (κ1) is 40.3. The number of rotatable bonds is 6. The van der Waals surface area contributed by atoms with Gasteiger partial charge in [-0.05, 0) is 24.3 Å². The van der Waals surface area contributed by atoms with Crippen molar-refractivity contribution in [1.82, 2.24) is 0 Å². The molecular weight excluding hydrogens is 518 g/mol. The quantitative estimate of drug-likeness (QED) is 0.148. The van der Waals surface area contributed by atoms with E-state index in [2.05, 4.69) is 9.05 Å². The summed E-state index contributed by atoms with van der Waals surface area (Å²) in [6, 6.07) is 8.24. The molecule has 0 aliphatic carbocycles. The third kappa shape index (κ3) is 18.5. The van der Waals surface area contributed by atoms with Crippen molar-refractivity contribution in [2.45, 2.75) is 0 Å². The second kappa shape index (κ2) is 18.4. The smallest absolute Gasteiger partial charge is 0.780 e. The van der Waals surface area contributed by atoms with Crippen LogP contribution in [0.1, 0.15) is 0 Å². The number of non-ortho nitro benzene ring substituents is 2. The minimum Gasteiger partial charge on any atom is -0.780 e. The molecule has 0 bridgehead atoms. The van der Waals surface area contributed by atoms with E-state index >= 15 is 0 Å². The summed E-state index contributed by atoms with van der Waals surface area (Å²) < 4.78 is 28.2. The van der Waals surface area contributed by atoms with Crippen molar-refractivity contribution in [1.29, 1.82) is 0 Å². The first-order valence-electron chi connectivity index (χ1n) is 6.69. The second-order valence-electron chi connectivity index (χ2n) is 4.58. The van der Waals surface area contributed by atoms with Crippen LogP contribution in [0.3, 0.4) is 0 Å². The minimum absolute atomic E-state index is 0. The Morgan fingerprint density at radius 3 is 0.938 bits per heavy atom. The molecule has 152 valence electrons. The van der Waals surface area contributed by atoms with Crippen molar-refractivity contribution in [3.8, 4) is 11.5 Å². The van der Waals surface area contributed by atoms with Crippen LogP contribution in [0.4, 0.5) is 11.4 Å². The molecule has 0 saturated heterocycles. The maximum Gasteiger partial charge on any atom is 1.00 e. The largest absolute Gasteiger partial charge is 1.00 e. The SMILES string of the molecule is O=[N+]([O-])c1ccc(OP(=O)([O-])[O-])cc1.O=[N+]([O-])c1ccc(OP(=O)([O-])[O-])cc1.[Na+].[Na+].[Na+].[Na+]. The Kier molecular flexibility index (Phi) is 23.2. The fraction of sp³-hybridized carbons (Fsp3) is 0. The number of nitrogens with zero attached hydrogens (tertiary/aromatic N) is 2. The maximum absolute atomic E-state index is 10.2. The number of phosphoric ester groups is 2. The predicted octanol–water partition coefficient (Wildman–Crippen LogP) is -12.4. The van der Waals surface area contributed by atoms with Gasteiger partial charge in [-0.1, -0.05) is 0 Å². The predicted molar refractivity (Wildman–Crippen MR) is 82.7 cm³/mol. The number of hydrogen-bond donors (Lipinski definition) is 0. The molecule has 0 aliphatic heterocycles. The van der Waals surface area contributed by atoms with Gasteiger partial charge in [0, 0.05) is 24.3 Å². The monoisotopic (exact) mass is 526 g/mol. The Balaban J connectivity index is -0.000000218. The van der Waals surface area contributed by atoms with E-state index in [1.165, 1.54) is 0 Å². The Morgan fingerprint density at radius 1 is 0.562 bits per heavy atom. The minimum atomic E-state index is -5.10. The van der Waals surface area contributed by atoms with Crippen LogP contribution in [0.2, 0.25) is 0 Å². The zero-order chi connectivity index (χ0) is 21.5. The van der Waals surface area contributed by atoms with Gasteiger partial charge >= 0.3 is 118 Å². The molecule has 0 radical (unpaired) electrons. The van der Waals surface area contributed by atoms with Gasteiger partial charge in [-0.2, -0.15) is 0 Å². The van der Waals surface area contributed by atoms with Crippen LogP contribution in [0.5, 0.6) is 11.5 Å². The molecule has 14 nitrogen and oxygen atoms in total. The molecule has 0 saturated carbocycles. The van der Waals surface area contributed by atoms with Crippen LogP contribution in [-0.4, -0.2) is 9.85 Å². The van der Waals surface area contributed by atoms with E-state index in [1.807, 2.05) is 0 Å². The standard InChI is InChI=1S/2C6H6NO6P.4Na/c2*8-7(9)5-1-3-6(4-2-5)13-14(10,11)12;;;;/h2*1-4H,(H2,10,11,12);;;;/q;;4*+1/p-4. The van der Waals surface area contributed by atoms with Crippen molar-refractivity contribution < 1.29 is 166 Å². The normalized spacial score (nSPS) is 9.62. The summed E-state index contributed by atoms with van der Waals surface area (Å²) in [5.74, 6) is -0.493. The van der Waals surface area contributed by atoms with Gasteiger partial charge in [-0.15, -0.1) is 0 Å². The van der Waals surface area contributed by atoms with E-state index in [9.17, 15) is 48.9 Å². The van der Waals surface area contributed by atoms with Crippen LogP contribution in [-0.2, 0) is 9.13 Å². The molecule has 0 heterocycles. The van der Waals surface area contributed by atoms with Crippen molar-refractivity contribution in [3.63, 3.8) is 0 Å². The molecule has 0 unspecified atom stereocenters. The third-order valence-corrected chi connectivity index (χ3v) is 3.40. The van der Waals surface area contributed by atoms with Gasteiger partial charge in [0.25, 0.3) is 11.4 Å². The number of benzene rings is 2. The summed E-state index contributed by atoms with van der Waals surface area (Å²) >= 11 is 0. The van der Waals surface area contributed by atoms with Crippen LogP contribution in [0.25, 0.3) is 0 Å². The molecule has 0 atom stereocenters. The summed E-state index contributed by atoms with van der Waals surface area (Å²) in [5.41, 5.74) is -0.437. The molecule has 2 aromatic carbocycles. The van der Waals surface area contributed by atoms with Crippen LogP contribution in [0, 0.1) is 20.2 Å². The van der Waals surface area contributed by atoms with Crippen molar-refractivity contribution >= 4 is 27.0 Å². The van der Waals surface area contributed by atoms with Gasteiger partial charge in [-0.3, -0.25) is 20.2 Å². The molecule has 20 heteroatoms. The van der Waals surface area contributed by atoms with Gasteiger partial charge in [0.15, 0.2) is 0 Å². The van der Waals surface area contributed by atoms with E-state index in [0.717, 1.165) is 48.5 Å². The molecule has 0 N–H and O–H groups in total. The van der Waals surface area contributed by atoms with E-state index in [1.54, 1.807) is 0 Å². The zero-order valence-electron chi connectivity index (χ0n) is 17.3. The average Bonchev–Trinajstić information content (AvgIpc) is 2.53. The fourth-order valence-corrected chi connectivity index (χ4v) is 2.28. The first-order valence-corrected chi connectivity index (χ1v) is 9.61. The molecule has 0 aromatic heterocycles. The molecule has 2 aromatic rings. The molecule has 32 heavy (non-hydrogen) atoms. The third-order valence-electron chi connectivity index (χ3n) is 2.53. The summed E-state index contributed by atoms with van der Waals surface area (Å²) in [7, 11) is -10.2. The number of phosphoric acid groups is 2. The Hall–Kier alpha value is 1.14. The van der Waals surface area contributed by atoms with Gasteiger partial charge < -0.3 is 37.8 Å². The van der Waals surface area contributed by atoms with E-state index in [-0.39, 0.29) is 141 Å². The topological polar surface area (TPSA) is 231 Å². The van der Waals surface area contributed by atoms with Crippen molar-refractivity contribution in [2.75, 3.05) is 0 Å². The summed E-state index contributed by atoms with van der Waals surface area (Å²) in [5, 5.41) is 20.4. The maximum atomic E-state index is 10.2. The van der Waals surface area contributed by atoms with Crippen LogP contribution < -0.4 is 147 Å². The van der Waals surface area contributed by atoms with E-state index in [4.69, 9.17) is 0 Å². The van der Waals surface area contributed by atoms with Gasteiger partial charge in [-0.25, -0.2) is 0 Å².